The van der Waals surface area contributed by atoms with Crippen LogP contribution >= 0.6 is 0 Å². The average Bonchev–Trinajstić information content (AvgIpc) is 2.58. The zero-order valence-electron chi connectivity index (χ0n) is 13.8. The van der Waals surface area contributed by atoms with Gasteiger partial charge in [-0.2, -0.15) is 18.2 Å². The highest BCUT2D eigenvalue weighted by Crippen LogP contribution is 2.31. The van der Waals surface area contributed by atoms with Crippen LogP contribution in [0, 0.1) is 0 Å². The lowest BCUT2D eigenvalue weighted by Gasteiger charge is -2.13. The van der Waals surface area contributed by atoms with Gasteiger partial charge < -0.3 is 22.1 Å². The molecule has 2 aromatic rings. The number of anilines is 3. The van der Waals surface area contributed by atoms with Gasteiger partial charge in [-0.1, -0.05) is 6.07 Å². The Labute approximate surface area is 148 Å². The van der Waals surface area contributed by atoms with Gasteiger partial charge in [0.25, 0.3) is 5.91 Å². The fourth-order valence-electron chi connectivity index (χ4n) is 2.12. The number of carbonyl (C=O) groups excluding carboxylic acids is 1. The minimum absolute atomic E-state index is 0.0214. The molecular weight excluding hydrogens is 349 g/mol. The maximum Gasteiger partial charge on any atom is 0.416 e. The summed E-state index contributed by atoms with van der Waals surface area (Å²) >= 11 is 0. The van der Waals surface area contributed by atoms with Gasteiger partial charge in [0.2, 0.25) is 5.95 Å². The zero-order chi connectivity index (χ0) is 19.2. The van der Waals surface area contributed by atoms with Crippen LogP contribution in [0.2, 0.25) is 0 Å². The molecule has 0 fully saturated rings. The molecule has 0 aliphatic heterocycles. The molecular formula is C16H19F3N6O. The van der Waals surface area contributed by atoms with E-state index in [-0.39, 0.29) is 23.0 Å². The SMILES string of the molecule is NCCCCNc1ncc(C(N)=O)c(Nc2cccc(C(F)(F)F)c2)n1. The molecule has 0 unspecified atom stereocenters. The summed E-state index contributed by atoms with van der Waals surface area (Å²) in [5.74, 6) is -0.552. The summed E-state index contributed by atoms with van der Waals surface area (Å²) < 4.78 is 38.5. The summed E-state index contributed by atoms with van der Waals surface area (Å²) in [5, 5.41) is 5.65. The Morgan fingerprint density at radius 1 is 1.23 bits per heavy atom. The second-order valence-electron chi connectivity index (χ2n) is 5.45. The standard InChI is InChI=1S/C16H19F3N6O/c17-16(18,19)10-4-3-5-11(8-10)24-14-12(13(21)26)9-23-15(25-14)22-7-2-1-6-20/h3-5,8-9H,1-2,6-7,20H2,(H2,21,26)(H2,22,23,24,25). The molecule has 0 aliphatic carbocycles. The molecule has 26 heavy (non-hydrogen) atoms. The zero-order valence-corrected chi connectivity index (χ0v) is 13.8. The summed E-state index contributed by atoms with van der Waals surface area (Å²) in [7, 11) is 0. The van der Waals surface area contributed by atoms with Gasteiger partial charge in [0.15, 0.2) is 0 Å². The van der Waals surface area contributed by atoms with Gasteiger partial charge >= 0.3 is 6.18 Å². The summed E-state index contributed by atoms with van der Waals surface area (Å²) in [5.41, 5.74) is 9.96. The van der Waals surface area contributed by atoms with Crippen LogP contribution in [0.15, 0.2) is 30.5 Å². The van der Waals surface area contributed by atoms with Gasteiger partial charge in [-0.05, 0) is 37.6 Å². The van der Waals surface area contributed by atoms with Crippen molar-refractivity contribution in [3.8, 4) is 0 Å². The highest BCUT2D eigenvalue weighted by atomic mass is 19.4. The number of alkyl halides is 3. The van der Waals surface area contributed by atoms with Crippen molar-refractivity contribution in [2.24, 2.45) is 11.5 Å². The number of nitrogens with zero attached hydrogens (tertiary/aromatic N) is 2. The molecule has 140 valence electrons. The van der Waals surface area contributed by atoms with Gasteiger partial charge in [0.1, 0.15) is 11.4 Å². The molecule has 0 saturated carbocycles. The number of nitrogens with one attached hydrogen (secondary N) is 2. The Kier molecular flexibility index (Phi) is 6.34. The van der Waals surface area contributed by atoms with E-state index in [9.17, 15) is 18.0 Å². The number of hydrogen-bond donors (Lipinski definition) is 4. The highest BCUT2D eigenvalue weighted by molar-refractivity contribution is 5.98. The smallest absolute Gasteiger partial charge is 0.365 e. The minimum atomic E-state index is -4.48. The van der Waals surface area contributed by atoms with Crippen molar-refractivity contribution in [2.45, 2.75) is 19.0 Å². The van der Waals surface area contributed by atoms with Crippen LogP contribution in [0.1, 0.15) is 28.8 Å². The van der Waals surface area contributed by atoms with E-state index >= 15 is 0 Å². The summed E-state index contributed by atoms with van der Waals surface area (Å²) in [6.45, 7) is 1.13. The lowest BCUT2D eigenvalue weighted by Crippen LogP contribution is -2.17. The van der Waals surface area contributed by atoms with Crippen LogP contribution in [0.3, 0.4) is 0 Å². The first-order valence-electron chi connectivity index (χ1n) is 7.86. The number of carbonyl (C=O) groups is 1. The predicted octanol–water partition coefficient (Wildman–Crippen LogP) is 2.49. The topological polar surface area (TPSA) is 119 Å². The number of halogens is 3. The second-order valence-corrected chi connectivity index (χ2v) is 5.45. The van der Waals surface area contributed by atoms with Gasteiger partial charge in [-0.3, -0.25) is 4.79 Å². The molecule has 1 heterocycles. The molecule has 0 atom stereocenters. The number of nitrogens with two attached hydrogens (primary N) is 2. The number of aromatic nitrogens is 2. The third-order valence-electron chi connectivity index (χ3n) is 3.42. The first-order chi connectivity index (χ1) is 12.3. The van der Waals surface area contributed by atoms with Crippen LogP contribution < -0.4 is 22.1 Å². The van der Waals surface area contributed by atoms with E-state index in [1.807, 2.05) is 0 Å². The molecule has 1 amide bonds. The van der Waals surface area contributed by atoms with Gasteiger partial charge in [0, 0.05) is 18.4 Å². The average molecular weight is 368 g/mol. The van der Waals surface area contributed by atoms with Crippen LogP contribution in [0.4, 0.5) is 30.6 Å². The first kappa shape index (κ1) is 19.4. The predicted molar refractivity (Wildman–Crippen MR) is 92.1 cm³/mol. The summed E-state index contributed by atoms with van der Waals surface area (Å²) in [4.78, 5) is 19.7. The molecule has 0 bridgehead atoms. The summed E-state index contributed by atoms with van der Waals surface area (Å²) in [6, 6.07) is 4.55. The number of hydrogen-bond acceptors (Lipinski definition) is 6. The Balaban J connectivity index is 2.24. The molecule has 6 N–H and O–H groups in total. The third-order valence-corrected chi connectivity index (χ3v) is 3.42. The van der Waals surface area contributed by atoms with Crippen molar-refractivity contribution in [1.82, 2.24) is 9.97 Å². The van der Waals surface area contributed by atoms with Crippen molar-refractivity contribution < 1.29 is 18.0 Å². The van der Waals surface area contributed by atoms with Gasteiger partial charge in [0.05, 0.1) is 5.56 Å². The molecule has 2 rings (SSSR count). The molecule has 10 heteroatoms. The Morgan fingerprint density at radius 2 is 2.00 bits per heavy atom. The minimum Gasteiger partial charge on any atom is -0.365 e. The van der Waals surface area contributed by atoms with E-state index in [0.717, 1.165) is 25.0 Å². The normalized spacial score (nSPS) is 11.2. The lowest BCUT2D eigenvalue weighted by atomic mass is 10.2. The summed E-state index contributed by atoms with van der Waals surface area (Å²) in [6.07, 6.45) is -1.64. The van der Waals surface area contributed by atoms with Crippen LogP contribution in [0.5, 0.6) is 0 Å². The van der Waals surface area contributed by atoms with E-state index in [0.29, 0.717) is 13.1 Å². The van der Waals surface area contributed by atoms with E-state index in [4.69, 9.17) is 11.5 Å². The van der Waals surface area contributed by atoms with Crippen LogP contribution in [-0.2, 0) is 6.18 Å². The van der Waals surface area contributed by atoms with E-state index in [1.54, 1.807) is 0 Å². The second kappa shape index (κ2) is 8.48. The van der Waals surface area contributed by atoms with Gasteiger partial charge in [-0.25, -0.2) is 4.98 Å². The number of amides is 1. The largest absolute Gasteiger partial charge is 0.416 e. The van der Waals surface area contributed by atoms with Crippen molar-refractivity contribution >= 4 is 23.4 Å². The maximum absolute atomic E-state index is 12.8. The van der Waals surface area contributed by atoms with Crippen molar-refractivity contribution in [2.75, 3.05) is 23.7 Å². The van der Waals surface area contributed by atoms with Gasteiger partial charge in [-0.15, -0.1) is 0 Å². The third kappa shape index (κ3) is 5.31. The van der Waals surface area contributed by atoms with Crippen LogP contribution in [-0.4, -0.2) is 29.0 Å². The molecule has 1 aromatic carbocycles. The number of benzene rings is 1. The molecule has 0 aliphatic rings. The molecule has 7 nitrogen and oxygen atoms in total. The number of primary amides is 1. The highest BCUT2D eigenvalue weighted by Gasteiger charge is 2.30. The van der Waals surface area contributed by atoms with Crippen molar-refractivity contribution in [3.05, 3.63) is 41.6 Å². The van der Waals surface area contributed by atoms with Crippen LogP contribution in [0.25, 0.3) is 0 Å². The quantitative estimate of drug-likeness (QED) is 0.532. The van der Waals surface area contributed by atoms with E-state index < -0.39 is 17.6 Å². The monoisotopic (exact) mass is 368 g/mol. The lowest BCUT2D eigenvalue weighted by molar-refractivity contribution is -0.137. The Morgan fingerprint density at radius 3 is 2.65 bits per heavy atom. The fourth-order valence-corrected chi connectivity index (χ4v) is 2.12. The van der Waals surface area contributed by atoms with E-state index in [1.165, 1.54) is 18.3 Å². The van der Waals surface area contributed by atoms with Crippen molar-refractivity contribution in [1.29, 1.82) is 0 Å². The number of unbranched alkanes of at least 4 members (excludes halogenated alkanes) is 1. The molecule has 0 radical (unpaired) electrons. The Bertz CT molecular complexity index is 766. The maximum atomic E-state index is 12.8. The van der Waals surface area contributed by atoms with E-state index in [2.05, 4.69) is 20.6 Å². The molecule has 0 spiro atoms. The first-order valence-corrected chi connectivity index (χ1v) is 7.86. The fraction of sp³-hybridized carbons (Fsp3) is 0.312. The Hall–Kier alpha value is -2.88. The molecule has 1 aromatic heterocycles. The van der Waals surface area contributed by atoms with Crippen molar-refractivity contribution in [3.63, 3.8) is 0 Å². The molecule has 0 saturated heterocycles. The number of rotatable bonds is 8.